The molecule has 4 rings (SSSR count). The number of cyclic esters (lactones) is 1. The van der Waals surface area contributed by atoms with E-state index in [4.69, 9.17) is 14.2 Å². The molecule has 1 fully saturated rings. The van der Waals surface area contributed by atoms with Crippen molar-refractivity contribution in [3.8, 4) is 11.5 Å². The standard InChI is InChI=1S/C20H18O7/c1-25-16-5-9-3-12-13(8-27-20(12)24)18(11(9)7-14(16)21)10-4-15(22)19(23)17(6-10)26-2/h4-7,12-13,18,21H,3,8H2,1-2H3/t12-,13+,18+/m1/s1. The minimum Gasteiger partial charge on any atom is -0.504 e. The van der Waals surface area contributed by atoms with Gasteiger partial charge in [0.15, 0.2) is 17.3 Å². The molecule has 0 spiro atoms. The summed E-state index contributed by atoms with van der Waals surface area (Å²) in [7, 11) is 2.78. The van der Waals surface area contributed by atoms with Gasteiger partial charge in [0, 0.05) is 11.8 Å². The van der Waals surface area contributed by atoms with E-state index >= 15 is 0 Å². The number of rotatable bonds is 3. The molecule has 3 atom stereocenters. The first-order chi connectivity index (χ1) is 12.9. The van der Waals surface area contributed by atoms with Crippen molar-refractivity contribution in [2.75, 3.05) is 20.8 Å². The highest BCUT2D eigenvalue weighted by atomic mass is 16.5. The fraction of sp³-hybridized carbons (Fsp3) is 0.350. The Morgan fingerprint density at radius 3 is 2.59 bits per heavy atom. The van der Waals surface area contributed by atoms with Crippen molar-refractivity contribution in [2.45, 2.75) is 12.3 Å². The number of methoxy groups -OCH3 is 2. The number of benzene rings is 1. The predicted octanol–water partition coefficient (Wildman–Crippen LogP) is 1.44. The van der Waals surface area contributed by atoms with Crippen molar-refractivity contribution < 1.29 is 33.7 Å². The molecule has 1 aromatic rings. The van der Waals surface area contributed by atoms with Crippen LogP contribution in [-0.2, 0) is 30.3 Å². The Morgan fingerprint density at radius 1 is 1.11 bits per heavy atom. The molecule has 0 aromatic heterocycles. The molecule has 1 saturated heterocycles. The molecule has 2 aliphatic carbocycles. The van der Waals surface area contributed by atoms with E-state index in [1.807, 2.05) is 0 Å². The van der Waals surface area contributed by atoms with Crippen LogP contribution >= 0.6 is 0 Å². The third-order valence-electron chi connectivity index (χ3n) is 5.50. The van der Waals surface area contributed by atoms with Gasteiger partial charge in [0.05, 0.1) is 26.7 Å². The zero-order valence-electron chi connectivity index (χ0n) is 14.9. The molecule has 27 heavy (non-hydrogen) atoms. The second-order valence-electron chi connectivity index (χ2n) is 6.86. The SMILES string of the molecule is COC1=CC([C@H]2c3cc(O)c(OC)cc3C[C@H]3C(=O)OC[C@@H]32)=CC(=O)C1=O. The molecule has 3 aliphatic rings. The van der Waals surface area contributed by atoms with Crippen LogP contribution in [0.25, 0.3) is 0 Å². The van der Waals surface area contributed by atoms with E-state index in [-0.39, 0.29) is 41.8 Å². The Balaban J connectivity index is 1.88. The fourth-order valence-electron chi connectivity index (χ4n) is 4.22. The van der Waals surface area contributed by atoms with Gasteiger partial charge in [-0.2, -0.15) is 0 Å². The summed E-state index contributed by atoms with van der Waals surface area (Å²) in [5.74, 6) is -2.34. The van der Waals surface area contributed by atoms with Gasteiger partial charge in [0.1, 0.15) is 0 Å². The van der Waals surface area contributed by atoms with E-state index in [0.29, 0.717) is 17.7 Å². The Morgan fingerprint density at radius 2 is 1.89 bits per heavy atom. The maximum absolute atomic E-state index is 12.2. The molecule has 1 heterocycles. The van der Waals surface area contributed by atoms with Crippen LogP contribution in [0.3, 0.4) is 0 Å². The number of allylic oxidation sites excluding steroid dienone is 4. The fourth-order valence-corrected chi connectivity index (χ4v) is 4.22. The van der Waals surface area contributed by atoms with E-state index < -0.39 is 11.6 Å². The molecule has 0 unspecified atom stereocenters. The zero-order chi connectivity index (χ0) is 19.3. The highest BCUT2D eigenvalue weighted by molar-refractivity contribution is 6.47. The molecule has 0 amide bonds. The third kappa shape index (κ3) is 2.61. The van der Waals surface area contributed by atoms with Crippen LogP contribution in [0.2, 0.25) is 0 Å². The quantitative estimate of drug-likeness (QED) is 0.488. The number of ketones is 2. The second-order valence-corrected chi connectivity index (χ2v) is 6.86. The van der Waals surface area contributed by atoms with Crippen LogP contribution in [0.1, 0.15) is 17.0 Å². The summed E-state index contributed by atoms with van der Waals surface area (Å²) >= 11 is 0. The Labute approximate surface area is 155 Å². The molecule has 7 heteroatoms. The number of aromatic hydroxyl groups is 1. The number of hydrogen-bond acceptors (Lipinski definition) is 7. The topological polar surface area (TPSA) is 99.1 Å². The lowest BCUT2D eigenvalue weighted by atomic mass is 9.66. The molecule has 0 bridgehead atoms. The van der Waals surface area contributed by atoms with Crippen LogP contribution in [0, 0.1) is 11.8 Å². The van der Waals surface area contributed by atoms with Crippen molar-refractivity contribution in [2.24, 2.45) is 11.8 Å². The van der Waals surface area contributed by atoms with Gasteiger partial charge < -0.3 is 19.3 Å². The number of phenolic OH excluding ortho intramolecular Hbond substituents is 1. The van der Waals surface area contributed by atoms with Gasteiger partial charge in [-0.15, -0.1) is 0 Å². The average Bonchev–Trinajstić information content (AvgIpc) is 3.02. The van der Waals surface area contributed by atoms with Gasteiger partial charge in [0.2, 0.25) is 5.78 Å². The predicted molar refractivity (Wildman–Crippen MR) is 92.2 cm³/mol. The summed E-state index contributed by atoms with van der Waals surface area (Å²) in [6, 6.07) is 3.30. The van der Waals surface area contributed by atoms with Gasteiger partial charge in [-0.05, 0) is 47.4 Å². The molecule has 140 valence electrons. The summed E-state index contributed by atoms with van der Waals surface area (Å²) in [6.45, 7) is 0.218. The van der Waals surface area contributed by atoms with Gasteiger partial charge in [-0.1, -0.05) is 0 Å². The number of carbonyl (C=O) groups excluding carboxylic acids is 3. The van der Waals surface area contributed by atoms with Crippen LogP contribution in [-0.4, -0.2) is 43.5 Å². The number of Topliss-reactive ketones (excluding diaryl/α,β-unsaturated/α-hetero) is 1. The molecular weight excluding hydrogens is 352 g/mol. The lowest BCUT2D eigenvalue weighted by molar-refractivity contribution is -0.141. The van der Waals surface area contributed by atoms with Gasteiger partial charge in [-0.3, -0.25) is 14.4 Å². The Bertz CT molecular complexity index is 925. The summed E-state index contributed by atoms with van der Waals surface area (Å²) in [5.41, 5.74) is 2.19. The molecule has 0 saturated carbocycles. The number of hydrogen-bond donors (Lipinski definition) is 1. The van der Waals surface area contributed by atoms with Crippen LogP contribution in [0.15, 0.2) is 35.6 Å². The summed E-state index contributed by atoms with van der Waals surface area (Å²) in [4.78, 5) is 36.3. The highest BCUT2D eigenvalue weighted by Crippen LogP contribution is 2.50. The normalized spacial score (nSPS) is 26.6. The summed E-state index contributed by atoms with van der Waals surface area (Å²) in [5, 5.41) is 10.3. The number of fused-ring (bicyclic) bond motifs is 2. The molecule has 1 N–H and O–H groups in total. The minimum absolute atomic E-state index is 0.0281. The van der Waals surface area contributed by atoms with Gasteiger partial charge >= 0.3 is 5.97 Å². The van der Waals surface area contributed by atoms with Gasteiger partial charge in [0.25, 0.3) is 5.78 Å². The average molecular weight is 370 g/mol. The van der Waals surface area contributed by atoms with E-state index in [1.165, 1.54) is 26.4 Å². The molecular formula is C20H18O7. The van der Waals surface area contributed by atoms with Crippen molar-refractivity contribution >= 4 is 17.5 Å². The van der Waals surface area contributed by atoms with E-state index in [9.17, 15) is 19.5 Å². The second kappa shape index (κ2) is 6.26. The maximum Gasteiger partial charge on any atom is 0.309 e. The smallest absolute Gasteiger partial charge is 0.309 e. The van der Waals surface area contributed by atoms with Crippen molar-refractivity contribution in [1.82, 2.24) is 0 Å². The largest absolute Gasteiger partial charge is 0.504 e. The van der Waals surface area contributed by atoms with Crippen molar-refractivity contribution in [3.05, 3.63) is 46.7 Å². The third-order valence-corrected chi connectivity index (χ3v) is 5.50. The summed E-state index contributed by atoms with van der Waals surface area (Å²) in [6.07, 6.45) is 3.28. The highest BCUT2D eigenvalue weighted by Gasteiger charge is 2.48. The first-order valence-corrected chi connectivity index (χ1v) is 8.57. The maximum atomic E-state index is 12.2. The number of ether oxygens (including phenoxy) is 3. The molecule has 7 nitrogen and oxygen atoms in total. The number of esters is 1. The summed E-state index contributed by atoms with van der Waals surface area (Å²) < 4.78 is 15.5. The van der Waals surface area contributed by atoms with Crippen molar-refractivity contribution in [1.29, 1.82) is 0 Å². The number of carbonyl (C=O) groups is 3. The Hall–Kier alpha value is -3.09. The lowest BCUT2D eigenvalue weighted by Crippen LogP contribution is -2.32. The monoisotopic (exact) mass is 370 g/mol. The van der Waals surface area contributed by atoms with Gasteiger partial charge in [-0.25, -0.2) is 0 Å². The zero-order valence-corrected chi connectivity index (χ0v) is 14.9. The number of phenols is 1. The molecule has 1 aromatic carbocycles. The Kier molecular flexibility index (Phi) is 4.02. The van der Waals surface area contributed by atoms with E-state index in [0.717, 1.165) is 11.1 Å². The minimum atomic E-state index is -0.704. The van der Waals surface area contributed by atoms with E-state index in [2.05, 4.69) is 0 Å². The first kappa shape index (κ1) is 17.3. The van der Waals surface area contributed by atoms with E-state index in [1.54, 1.807) is 12.1 Å². The van der Waals surface area contributed by atoms with Crippen LogP contribution < -0.4 is 4.74 Å². The molecule has 0 radical (unpaired) electrons. The first-order valence-electron chi connectivity index (χ1n) is 8.57. The van der Waals surface area contributed by atoms with Crippen molar-refractivity contribution in [3.63, 3.8) is 0 Å². The lowest BCUT2D eigenvalue weighted by Gasteiger charge is -2.35. The molecule has 1 aliphatic heterocycles. The van der Waals surface area contributed by atoms with Crippen LogP contribution in [0.4, 0.5) is 0 Å². The van der Waals surface area contributed by atoms with Crippen LogP contribution in [0.5, 0.6) is 11.5 Å².